The van der Waals surface area contributed by atoms with E-state index in [4.69, 9.17) is 0 Å². The third-order valence-corrected chi connectivity index (χ3v) is 3.86. The van der Waals surface area contributed by atoms with Crippen molar-refractivity contribution in [2.45, 2.75) is 32.6 Å². The molecule has 0 atom stereocenters. The Bertz CT molecular complexity index is 625. The van der Waals surface area contributed by atoms with Gasteiger partial charge in [0.25, 0.3) is 0 Å². The maximum absolute atomic E-state index is 11.8. The number of fused-ring (bicyclic) bond motifs is 1. The summed E-state index contributed by atoms with van der Waals surface area (Å²) in [7, 11) is 0. The molecule has 19 heavy (non-hydrogen) atoms. The maximum atomic E-state index is 11.8. The minimum absolute atomic E-state index is 0.293. The summed E-state index contributed by atoms with van der Waals surface area (Å²) in [6, 6.07) is 14.8. The van der Waals surface area contributed by atoms with Gasteiger partial charge in [-0.25, -0.2) is 0 Å². The Labute approximate surface area is 114 Å². The molecular weight excluding hydrogens is 232 g/mol. The summed E-state index contributed by atoms with van der Waals surface area (Å²) in [6.07, 6.45) is 3.83. The Balaban J connectivity index is 2.08. The molecule has 0 amide bonds. The van der Waals surface area contributed by atoms with Gasteiger partial charge in [0.05, 0.1) is 0 Å². The maximum Gasteiger partial charge on any atom is 0.163 e. The second-order valence-electron chi connectivity index (χ2n) is 5.21. The zero-order valence-electron chi connectivity index (χ0n) is 11.3. The summed E-state index contributed by atoms with van der Waals surface area (Å²) >= 11 is 0. The Kier molecular flexibility index (Phi) is 3.20. The van der Waals surface area contributed by atoms with E-state index in [1.165, 1.54) is 22.3 Å². The number of hydrogen-bond donors (Lipinski definition) is 0. The first-order chi connectivity index (χ1) is 9.29. The van der Waals surface area contributed by atoms with Gasteiger partial charge < -0.3 is 0 Å². The van der Waals surface area contributed by atoms with E-state index >= 15 is 0 Å². The predicted octanol–water partition coefficient (Wildman–Crippen LogP) is 4.44. The second kappa shape index (κ2) is 5.00. The smallest absolute Gasteiger partial charge is 0.163 e. The van der Waals surface area contributed by atoms with Crippen LogP contribution in [-0.2, 0) is 12.8 Å². The molecule has 1 heteroatoms. The van der Waals surface area contributed by atoms with Crippen LogP contribution >= 0.6 is 0 Å². The van der Waals surface area contributed by atoms with E-state index in [9.17, 15) is 4.79 Å². The van der Waals surface area contributed by atoms with Crippen LogP contribution in [0.4, 0.5) is 0 Å². The standard InChI is InChI=1S/C18H18O/c1-2-5-13-6-3-7-14(12-13)15-8-4-9-17-16(15)10-11-18(17)19/h3-4,6-9,12H,2,5,10-11H2,1H3. The Hall–Kier alpha value is -1.89. The summed E-state index contributed by atoms with van der Waals surface area (Å²) in [5, 5.41) is 0. The number of benzene rings is 2. The number of Topliss-reactive ketones (excluding diaryl/α,β-unsaturated/α-hetero) is 1. The van der Waals surface area contributed by atoms with Gasteiger partial charge in [-0.3, -0.25) is 4.79 Å². The molecule has 0 fully saturated rings. The van der Waals surface area contributed by atoms with E-state index in [0.29, 0.717) is 12.2 Å². The first-order valence-corrected chi connectivity index (χ1v) is 7.04. The molecule has 0 unspecified atom stereocenters. The van der Waals surface area contributed by atoms with Crippen LogP contribution in [0.2, 0.25) is 0 Å². The van der Waals surface area contributed by atoms with Crippen LogP contribution in [0.25, 0.3) is 11.1 Å². The van der Waals surface area contributed by atoms with Crippen molar-refractivity contribution in [2.24, 2.45) is 0 Å². The number of rotatable bonds is 3. The van der Waals surface area contributed by atoms with Crippen LogP contribution < -0.4 is 0 Å². The Morgan fingerprint density at radius 1 is 1.00 bits per heavy atom. The predicted molar refractivity (Wildman–Crippen MR) is 78.5 cm³/mol. The summed E-state index contributed by atoms with van der Waals surface area (Å²) < 4.78 is 0. The normalized spacial score (nSPS) is 13.6. The molecule has 96 valence electrons. The number of aryl methyl sites for hydroxylation is 1. The van der Waals surface area contributed by atoms with Gasteiger partial charge in [0.1, 0.15) is 0 Å². The van der Waals surface area contributed by atoms with Crippen LogP contribution in [0.15, 0.2) is 42.5 Å². The van der Waals surface area contributed by atoms with E-state index in [1.54, 1.807) is 0 Å². The molecule has 0 aromatic heterocycles. The van der Waals surface area contributed by atoms with Gasteiger partial charge in [-0.15, -0.1) is 0 Å². The average Bonchev–Trinajstić information content (AvgIpc) is 2.81. The lowest BCUT2D eigenvalue weighted by molar-refractivity contribution is 0.0994. The minimum Gasteiger partial charge on any atom is -0.294 e. The molecule has 0 radical (unpaired) electrons. The van der Waals surface area contributed by atoms with Crippen molar-refractivity contribution in [3.63, 3.8) is 0 Å². The highest BCUT2D eigenvalue weighted by Crippen LogP contribution is 2.32. The van der Waals surface area contributed by atoms with E-state index in [-0.39, 0.29) is 0 Å². The quantitative estimate of drug-likeness (QED) is 0.787. The van der Waals surface area contributed by atoms with Crippen molar-refractivity contribution in [2.75, 3.05) is 0 Å². The van der Waals surface area contributed by atoms with Crippen molar-refractivity contribution in [3.05, 3.63) is 59.2 Å². The molecule has 2 aromatic rings. The van der Waals surface area contributed by atoms with Gasteiger partial charge >= 0.3 is 0 Å². The van der Waals surface area contributed by atoms with E-state index in [2.05, 4.69) is 37.3 Å². The number of carbonyl (C=O) groups is 1. The molecule has 0 N–H and O–H groups in total. The van der Waals surface area contributed by atoms with Crippen LogP contribution in [0, 0.1) is 0 Å². The number of carbonyl (C=O) groups excluding carboxylic acids is 1. The second-order valence-corrected chi connectivity index (χ2v) is 5.21. The van der Waals surface area contributed by atoms with Gasteiger partial charge in [0.15, 0.2) is 5.78 Å². The first kappa shape index (κ1) is 12.2. The third-order valence-electron chi connectivity index (χ3n) is 3.86. The molecule has 3 rings (SSSR count). The largest absolute Gasteiger partial charge is 0.294 e. The first-order valence-electron chi connectivity index (χ1n) is 7.04. The molecule has 0 saturated carbocycles. The van der Waals surface area contributed by atoms with E-state index < -0.39 is 0 Å². The molecule has 1 nitrogen and oxygen atoms in total. The molecule has 1 aliphatic carbocycles. The highest BCUT2D eigenvalue weighted by Gasteiger charge is 2.22. The van der Waals surface area contributed by atoms with Crippen molar-refractivity contribution in [1.29, 1.82) is 0 Å². The Morgan fingerprint density at radius 2 is 1.79 bits per heavy atom. The third kappa shape index (κ3) is 2.21. The summed E-state index contributed by atoms with van der Waals surface area (Å²) in [5.41, 5.74) is 6.03. The molecule has 2 aromatic carbocycles. The van der Waals surface area contributed by atoms with E-state index in [0.717, 1.165) is 24.8 Å². The van der Waals surface area contributed by atoms with Crippen molar-refractivity contribution >= 4 is 5.78 Å². The molecule has 0 aliphatic heterocycles. The van der Waals surface area contributed by atoms with Crippen molar-refractivity contribution in [1.82, 2.24) is 0 Å². The minimum atomic E-state index is 0.293. The molecule has 1 aliphatic rings. The summed E-state index contributed by atoms with van der Waals surface area (Å²) in [5.74, 6) is 0.293. The highest BCUT2D eigenvalue weighted by atomic mass is 16.1. The van der Waals surface area contributed by atoms with Gasteiger partial charge in [0.2, 0.25) is 0 Å². The van der Waals surface area contributed by atoms with Gasteiger partial charge in [-0.2, -0.15) is 0 Å². The van der Waals surface area contributed by atoms with Gasteiger partial charge in [-0.05, 0) is 35.1 Å². The monoisotopic (exact) mass is 250 g/mol. The fraction of sp³-hybridized carbons (Fsp3) is 0.278. The zero-order valence-corrected chi connectivity index (χ0v) is 11.3. The SMILES string of the molecule is CCCc1cccc(-c2cccc3c2CCC3=O)c1. The number of hydrogen-bond acceptors (Lipinski definition) is 1. The van der Waals surface area contributed by atoms with Crippen LogP contribution in [-0.4, -0.2) is 5.78 Å². The lowest BCUT2D eigenvalue weighted by Gasteiger charge is -2.09. The molecule has 0 saturated heterocycles. The van der Waals surface area contributed by atoms with Crippen LogP contribution in [0.5, 0.6) is 0 Å². The summed E-state index contributed by atoms with van der Waals surface area (Å²) in [6.45, 7) is 2.20. The fourth-order valence-corrected chi connectivity index (χ4v) is 2.94. The van der Waals surface area contributed by atoms with Gasteiger partial charge in [-0.1, -0.05) is 55.8 Å². The average molecular weight is 250 g/mol. The highest BCUT2D eigenvalue weighted by molar-refractivity contribution is 6.02. The zero-order chi connectivity index (χ0) is 13.2. The Morgan fingerprint density at radius 3 is 2.63 bits per heavy atom. The van der Waals surface area contributed by atoms with Crippen LogP contribution in [0.3, 0.4) is 0 Å². The molecule has 0 bridgehead atoms. The van der Waals surface area contributed by atoms with Crippen LogP contribution in [0.1, 0.15) is 41.3 Å². The molecular formula is C18H18O. The molecule has 0 heterocycles. The topological polar surface area (TPSA) is 17.1 Å². The fourth-order valence-electron chi connectivity index (χ4n) is 2.94. The number of ketones is 1. The van der Waals surface area contributed by atoms with Gasteiger partial charge in [0, 0.05) is 12.0 Å². The van der Waals surface area contributed by atoms with Crippen molar-refractivity contribution in [3.8, 4) is 11.1 Å². The lowest BCUT2D eigenvalue weighted by Crippen LogP contribution is -1.93. The summed E-state index contributed by atoms with van der Waals surface area (Å²) in [4.78, 5) is 11.8. The molecule has 0 spiro atoms. The lowest BCUT2D eigenvalue weighted by atomic mass is 9.95. The van der Waals surface area contributed by atoms with E-state index in [1.807, 2.05) is 12.1 Å². The van der Waals surface area contributed by atoms with Crippen molar-refractivity contribution < 1.29 is 4.79 Å².